The predicted octanol–water partition coefficient (Wildman–Crippen LogP) is 5.40. The summed E-state index contributed by atoms with van der Waals surface area (Å²) < 4.78 is 33.9. The molecule has 0 spiro atoms. The summed E-state index contributed by atoms with van der Waals surface area (Å²) in [5.41, 5.74) is 2.91. The molecule has 2 heterocycles. The van der Waals surface area contributed by atoms with Crippen LogP contribution >= 0.6 is 22.9 Å². The topological polar surface area (TPSA) is 66.9 Å². The number of halogens is 1. The number of ether oxygens (including phenoxy) is 1. The number of carbonyl (C=O) groups excluding carboxylic acids is 1. The van der Waals surface area contributed by atoms with Crippen LogP contribution in [0.5, 0.6) is 5.75 Å². The zero-order valence-electron chi connectivity index (χ0n) is 20.3. The maximum absolute atomic E-state index is 13.6. The van der Waals surface area contributed by atoms with E-state index in [1.807, 2.05) is 31.4 Å². The number of carbonyl (C=O) groups is 1. The first-order valence-electron chi connectivity index (χ1n) is 11.6. The minimum Gasteiger partial charge on any atom is -0.491 e. The van der Waals surface area contributed by atoms with Crippen molar-refractivity contribution < 1.29 is 17.9 Å². The Kier molecular flexibility index (Phi) is 8.20. The van der Waals surface area contributed by atoms with Crippen LogP contribution in [0.3, 0.4) is 0 Å². The third-order valence-electron chi connectivity index (χ3n) is 6.26. The van der Waals surface area contributed by atoms with Crippen molar-refractivity contribution in [2.45, 2.75) is 31.2 Å². The van der Waals surface area contributed by atoms with Gasteiger partial charge in [0.1, 0.15) is 12.4 Å². The number of amides is 1. The molecule has 0 saturated heterocycles. The summed E-state index contributed by atoms with van der Waals surface area (Å²) in [6.07, 6.45) is 2.22. The number of fused-ring (bicyclic) bond motifs is 1. The van der Waals surface area contributed by atoms with Gasteiger partial charge < -0.3 is 9.64 Å². The minimum atomic E-state index is -3.87. The summed E-state index contributed by atoms with van der Waals surface area (Å²) in [6.45, 7) is 8.00. The van der Waals surface area contributed by atoms with Crippen LogP contribution in [0.4, 0.5) is 0 Å². The van der Waals surface area contributed by atoms with Crippen molar-refractivity contribution in [1.82, 2.24) is 9.21 Å². The Morgan fingerprint density at radius 3 is 2.67 bits per heavy atom. The Labute approximate surface area is 221 Å². The highest BCUT2D eigenvalue weighted by molar-refractivity contribution is 7.89. The highest BCUT2D eigenvalue weighted by atomic mass is 35.5. The first-order valence-corrected chi connectivity index (χ1v) is 14.3. The molecule has 0 radical (unpaired) electrons. The molecule has 0 unspecified atom stereocenters. The summed E-state index contributed by atoms with van der Waals surface area (Å²) in [5.74, 6) is 0.396. The average molecular weight is 545 g/mol. The molecule has 9 heteroatoms. The molecule has 2 aromatic carbocycles. The smallest absolute Gasteiger partial charge is 0.243 e. The molecule has 0 N–H and O–H groups in total. The molecule has 1 atom stereocenters. The second-order valence-corrected chi connectivity index (χ2v) is 12.1. The summed E-state index contributed by atoms with van der Waals surface area (Å²) in [5, 5.41) is 2.68. The van der Waals surface area contributed by atoms with Gasteiger partial charge in [-0.05, 0) is 73.2 Å². The van der Waals surface area contributed by atoms with Crippen LogP contribution in [-0.2, 0) is 21.2 Å². The van der Waals surface area contributed by atoms with Gasteiger partial charge in [0.05, 0.1) is 17.5 Å². The summed E-state index contributed by atoms with van der Waals surface area (Å²) in [4.78, 5) is 16.7. The molecule has 6 nitrogen and oxygen atoms in total. The van der Waals surface area contributed by atoms with E-state index in [0.29, 0.717) is 17.3 Å². The Hall–Kier alpha value is -2.65. The van der Waals surface area contributed by atoms with Crippen LogP contribution in [0.25, 0.3) is 0 Å². The molecule has 4 rings (SSSR count). The molecule has 1 aliphatic heterocycles. The van der Waals surface area contributed by atoms with E-state index < -0.39 is 10.0 Å². The Bertz CT molecular complexity index is 1350. The minimum absolute atomic E-state index is 0.0324. The third-order valence-corrected chi connectivity index (χ3v) is 9.50. The van der Waals surface area contributed by atoms with Gasteiger partial charge in [-0.3, -0.25) is 4.79 Å². The van der Waals surface area contributed by atoms with Crippen molar-refractivity contribution in [2.24, 2.45) is 0 Å². The largest absolute Gasteiger partial charge is 0.491 e. The van der Waals surface area contributed by atoms with Crippen molar-refractivity contribution in [3.63, 3.8) is 0 Å². The maximum Gasteiger partial charge on any atom is 0.243 e. The van der Waals surface area contributed by atoms with Crippen molar-refractivity contribution in [1.29, 1.82) is 0 Å². The lowest BCUT2D eigenvalue weighted by Crippen LogP contribution is -2.47. The number of hydrogen-bond donors (Lipinski definition) is 0. The van der Waals surface area contributed by atoms with Gasteiger partial charge in [-0.25, -0.2) is 8.42 Å². The van der Waals surface area contributed by atoms with E-state index >= 15 is 0 Å². The van der Waals surface area contributed by atoms with E-state index in [1.54, 1.807) is 52.6 Å². The lowest BCUT2D eigenvalue weighted by Gasteiger charge is -2.37. The number of rotatable bonds is 9. The SMILES string of the molecule is C=CCN(CC(=O)N1CCc2sccc2[C@H]1COc1ccc(Cl)c(C)c1)S(=O)(=O)c1ccc(C)cc1. The van der Waals surface area contributed by atoms with E-state index in [9.17, 15) is 13.2 Å². The van der Waals surface area contributed by atoms with Gasteiger partial charge in [0.15, 0.2) is 0 Å². The molecule has 1 amide bonds. The highest BCUT2D eigenvalue weighted by Crippen LogP contribution is 2.34. The molecule has 3 aromatic rings. The van der Waals surface area contributed by atoms with Crippen molar-refractivity contribution in [2.75, 3.05) is 26.2 Å². The second-order valence-electron chi connectivity index (χ2n) is 8.77. The highest BCUT2D eigenvalue weighted by Gasteiger charge is 2.35. The first kappa shape index (κ1) is 26.4. The molecule has 36 heavy (non-hydrogen) atoms. The molecule has 0 aliphatic carbocycles. The van der Waals surface area contributed by atoms with Crippen LogP contribution in [0.1, 0.15) is 27.6 Å². The van der Waals surface area contributed by atoms with E-state index in [0.717, 1.165) is 23.1 Å². The van der Waals surface area contributed by atoms with Gasteiger partial charge in [-0.1, -0.05) is 35.4 Å². The van der Waals surface area contributed by atoms with Crippen LogP contribution in [-0.4, -0.2) is 49.8 Å². The van der Waals surface area contributed by atoms with Crippen molar-refractivity contribution >= 4 is 38.9 Å². The fourth-order valence-electron chi connectivity index (χ4n) is 4.25. The third kappa shape index (κ3) is 5.67. The van der Waals surface area contributed by atoms with Gasteiger partial charge in [0.25, 0.3) is 0 Å². The number of benzene rings is 2. The monoisotopic (exact) mass is 544 g/mol. The predicted molar refractivity (Wildman–Crippen MR) is 144 cm³/mol. The fourth-order valence-corrected chi connectivity index (χ4v) is 6.66. The van der Waals surface area contributed by atoms with Crippen LogP contribution in [0.15, 0.2) is 71.5 Å². The standard InChI is InChI=1S/C27H29ClN2O4S2/c1-4-13-29(36(32,33)22-8-5-19(2)6-9-22)17-27(31)30-14-11-26-23(12-15-35-26)25(30)18-34-21-7-10-24(28)20(3)16-21/h4-10,12,15-16,25H,1,11,13-14,17-18H2,2-3H3/t25-/m1/s1. The van der Waals surface area contributed by atoms with Crippen LogP contribution in [0, 0.1) is 13.8 Å². The molecule has 1 aromatic heterocycles. The molecule has 0 saturated carbocycles. The van der Waals surface area contributed by atoms with Gasteiger partial charge >= 0.3 is 0 Å². The molecule has 1 aliphatic rings. The number of nitrogens with zero attached hydrogens (tertiary/aromatic N) is 2. The van der Waals surface area contributed by atoms with Gasteiger partial charge in [-0.15, -0.1) is 17.9 Å². The lowest BCUT2D eigenvalue weighted by molar-refractivity contribution is -0.135. The Morgan fingerprint density at radius 2 is 1.97 bits per heavy atom. The zero-order valence-corrected chi connectivity index (χ0v) is 22.7. The Balaban J connectivity index is 1.56. The van der Waals surface area contributed by atoms with Crippen molar-refractivity contribution in [3.05, 3.63) is 93.2 Å². The van der Waals surface area contributed by atoms with Crippen LogP contribution in [0.2, 0.25) is 5.02 Å². The number of sulfonamides is 1. The molecular weight excluding hydrogens is 516 g/mol. The van der Waals surface area contributed by atoms with Gasteiger partial charge in [0, 0.05) is 23.0 Å². The fraction of sp³-hybridized carbons (Fsp3) is 0.296. The summed E-state index contributed by atoms with van der Waals surface area (Å²) in [7, 11) is -3.87. The molecular formula is C27H29ClN2O4S2. The quantitative estimate of drug-likeness (QED) is 0.338. The van der Waals surface area contributed by atoms with E-state index in [-0.39, 0.29) is 36.5 Å². The molecule has 0 bridgehead atoms. The van der Waals surface area contributed by atoms with E-state index in [4.69, 9.17) is 16.3 Å². The summed E-state index contributed by atoms with van der Waals surface area (Å²) in [6, 6.07) is 13.8. The molecule has 0 fully saturated rings. The number of hydrogen-bond acceptors (Lipinski definition) is 5. The van der Waals surface area contributed by atoms with Gasteiger partial charge in [-0.2, -0.15) is 4.31 Å². The first-order chi connectivity index (χ1) is 17.2. The number of aryl methyl sites for hydroxylation is 2. The average Bonchev–Trinajstić information content (AvgIpc) is 3.33. The van der Waals surface area contributed by atoms with Gasteiger partial charge in [0.2, 0.25) is 15.9 Å². The number of thiophene rings is 1. The van der Waals surface area contributed by atoms with Crippen molar-refractivity contribution in [3.8, 4) is 5.75 Å². The second kappa shape index (κ2) is 11.2. The van der Waals surface area contributed by atoms with E-state index in [1.165, 1.54) is 15.3 Å². The molecule has 190 valence electrons. The maximum atomic E-state index is 13.6. The van der Waals surface area contributed by atoms with E-state index in [2.05, 4.69) is 6.58 Å². The zero-order chi connectivity index (χ0) is 25.9. The lowest BCUT2D eigenvalue weighted by atomic mass is 10.0. The summed E-state index contributed by atoms with van der Waals surface area (Å²) >= 11 is 7.80. The Morgan fingerprint density at radius 1 is 1.22 bits per heavy atom. The van der Waals surface area contributed by atoms with Crippen LogP contribution < -0.4 is 4.74 Å². The normalized spacial score (nSPS) is 15.6.